The normalized spacial score (nSPS) is 11.4. The van der Waals surface area contributed by atoms with Crippen LogP contribution in [0.4, 0.5) is 0 Å². The minimum atomic E-state index is -0.535. The molecule has 0 rings (SSSR count). The summed E-state index contributed by atoms with van der Waals surface area (Å²) in [5.74, 6) is 10.5. The maximum Gasteiger partial charge on any atom is 0.115 e. The fourth-order valence-corrected chi connectivity index (χ4v) is 0.992. The van der Waals surface area contributed by atoms with E-state index in [1.807, 2.05) is 0 Å². The first-order chi connectivity index (χ1) is 7.31. The van der Waals surface area contributed by atoms with Gasteiger partial charge in [0.1, 0.15) is 12.7 Å². The van der Waals surface area contributed by atoms with E-state index in [1.54, 1.807) is 12.2 Å². The second-order valence-corrected chi connectivity index (χ2v) is 3.11. The molecule has 0 aliphatic heterocycles. The van der Waals surface area contributed by atoms with Crippen molar-refractivity contribution in [1.29, 1.82) is 0 Å². The summed E-state index contributed by atoms with van der Waals surface area (Å²) in [5.41, 5.74) is 0. The molecule has 2 N–H and O–H groups in total. The standard InChI is InChI=1S/C13H18O2/c1-2-3-7-10-13(15)11-8-5-4-6-9-12-14/h4-5,13-15H,2-3,7,10,12H2,1H3/b5-4+. The first-order valence-electron chi connectivity index (χ1n) is 5.24. The summed E-state index contributed by atoms with van der Waals surface area (Å²) in [7, 11) is 0. The molecule has 0 heterocycles. The van der Waals surface area contributed by atoms with Gasteiger partial charge in [0.05, 0.1) is 0 Å². The highest BCUT2D eigenvalue weighted by atomic mass is 16.3. The number of unbranched alkanes of at least 4 members (excludes halogenated alkanes) is 2. The van der Waals surface area contributed by atoms with Gasteiger partial charge in [0, 0.05) is 0 Å². The van der Waals surface area contributed by atoms with E-state index in [4.69, 9.17) is 5.11 Å². The van der Waals surface area contributed by atoms with Crippen LogP contribution in [0.2, 0.25) is 0 Å². The molecule has 0 aliphatic carbocycles. The lowest BCUT2D eigenvalue weighted by Crippen LogP contribution is -2.01. The summed E-state index contributed by atoms with van der Waals surface area (Å²) >= 11 is 0. The molecule has 0 aromatic heterocycles. The van der Waals surface area contributed by atoms with Gasteiger partial charge in [-0.25, -0.2) is 0 Å². The van der Waals surface area contributed by atoms with E-state index in [1.165, 1.54) is 0 Å². The summed E-state index contributed by atoms with van der Waals surface area (Å²) in [5, 5.41) is 17.7. The molecule has 0 fully saturated rings. The molecule has 0 aliphatic rings. The third-order valence-electron chi connectivity index (χ3n) is 1.76. The fourth-order valence-electron chi connectivity index (χ4n) is 0.992. The molecular weight excluding hydrogens is 188 g/mol. The molecule has 0 saturated heterocycles. The van der Waals surface area contributed by atoms with Crippen LogP contribution in [0.1, 0.15) is 32.6 Å². The van der Waals surface area contributed by atoms with Crippen molar-refractivity contribution in [1.82, 2.24) is 0 Å². The maximum atomic E-state index is 9.39. The highest BCUT2D eigenvalue weighted by molar-refractivity contribution is 5.25. The number of aliphatic hydroxyl groups is 2. The zero-order valence-corrected chi connectivity index (χ0v) is 9.16. The van der Waals surface area contributed by atoms with Crippen LogP contribution < -0.4 is 0 Å². The van der Waals surface area contributed by atoms with Crippen LogP contribution in [0.5, 0.6) is 0 Å². The summed E-state index contributed by atoms with van der Waals surface area (Å²) in [6.45, 7) is 1.98. The van der Waals surface area contributed by atoms with Gasteiger partial charge in [0.2, 0.25) is 0 Å². The van der Waals surface area contributed by atoms with Crippen LogP contribution in [0.15, 0.2) is 12.2 Å². The molecule has 2 heteroatoms. The number of aliphatic hydroxyl groups excluding tert-OH is 2. The van der Waals surface area contributed by atoms with Crippen LogP contribution in [0.25, 0.3) is 0 Å². The highest BCUT2D eigenvalue weighted by Crippen LogP contribution is 2.01. The monoisotopic (exact) mass is 206 g/mol. The zero-order valence-electron chi connectivity index (χ0n) is 9.16. The van der Waals surface area contributed by atoms with E-state index < -0.39 is 6.10 Å². The van der Waals surface area contributed by atoms with Gasteiger partial charge < -0.3 is 10.2 Å². The van der Waals surface area contributed by atoms with E-state index in [-0.39, 0.29) is 6.61 Å². The van der Waals surface area contributed by atoms with Gasteiger partial charge in [-0.3, -0.25) is 0 Å². The summed E-state index contributed by atoms with van der Waals surface area (Å²) in [6.07, 6.45) is 6.63. The second kappa shape index (κ2) is 10.9. The van der Waals surface area contributed by atoms with Crippen molar-refractivity contribution >= 4 is 0 Å². The Morgan fingerprint density at radius 3 is 2.60 bits per heavy atom. The number of rotatable bonds is 4. The van der Waals surface area contributed by atoms with E-state index in [0.29, 0.717) is 0 Å². The molecule has 0 amide bonds. The van der Waals surface area contributed by atoms with Crippen molar-refractivity contribution in [2.24, 2.45) is 0 Å². The number of hydrogen-bond acceptors (Lipinski definition) is 2. The van der Waals surface area contributed by atoms with Gasteiger partial charge in [0.25, 0.3) is 0 Å². The Morgan fingerprint density at radius 1 is 1.20 bits per heavy atom. The Bertz CT molecular complexity index is 283. The Hall–Kier alpha value is -1.22. The maximum absolute atomic E-state index is 9.39. The van der Waals surface area contributed by atoms with Crippen LogP contribution in [-0.2, 0) is 0 Å². The molecule has 0 aromatic rings. The molecule has 0 bridgehead atoms. The molecule has 1 unspecified atom stereocenters. The van der Waals surface area contributed by atoms with Crippen molar-refractivity contribution in [2.45, 2.75) is 38.7 Å². The average molecular weight is 206 g/mol. The van der Waals surface area contributed by atoms with E-state index in [0.717, 1.165) is 25.7 Å². The Balaban J connectivity index is 3.70. The van der Waals surface area contributed by atoms with Crippen molar-refractivity contribution in [3.05, 3.63) is 12.2 Å². The van der Waals surface area contributed by atoms with E-state index in [2.05, 4.69) is 30.6 Å². The van der Waals surface area contributed by atoms with Crippen LogP contribution >= 0.6 is 0 Å². The predicted octanol–water partition coefficient (Wildman–Crippen LogP) is 1.48. The first-order valence-corrected chi connectivity index (χ1v) is 5.24. The topological polar surface area (TPSA) is 40.5 Å². The molecule has 15 heavy (non-hydrogen) atoms. The fraction of sp³-hybridized carbons (Fsp3) is 0.538. The van der Waals surface area contributed by atoms with Gasteiger partial charge >= 0.3 is 0 Å². The Labute approximate surface area is 92.0 Å². The van der Waals surface area contributed by atoms with Gasteiger partial charge in [-0.2, -0.15) is 0 Å². The lowest BCUT2D eigenvalue weighted by atomic mass is 10.1. The van der Waals surface area contributed by atoms with Crippen LogP contribution in [0.3, 0.4) is 0 Å². The minimum absolute atomic E-state index is 0.141. The minimum Gasteiger partial charge on any atom is -0.384 e. The van der Waals surface area contributed by atoms with Crippen molar-refractivity contribution in [3.63, 3.8) is 0 Å². The summed E-state index contributed by atoms with van der Waals surface area (Å²) in [6, 6.07) is 0. The van der Waals surface area contributed by atoms with Gasteiger partial charge in [-0.15, -0.1) is 0 Å². The van der Waals surface area contributed by atoms with Gasteiger partial charge in [0.15, 0.2) is 0 Å². The van der Waals surface area contributed by atoms with Crippen molar-refractivity contribution in [3.8, 4) is 23.7 Å². The predicted molar refractivity (Wildman–Crippen MR) is 61.9 cm³/mol. The molecule has 0 spiro atoms. The largest absolute Gasteiger partial charge is 0.384 e. The second-order valence-electron chi connectivity index (χ2n) is 3.11. The number of hydrogen-bond donors (Lipinski definition) is 2. The Morgan fingerprint density at radius 2 is 1.93 bits per heavy atom. The highest BCUT2D eigenvalue weighted by Gasteiger charge is 1.96. The molecule has 1 atom stereocenters. The van der Waals surface area contributed by atoms with E-state index >= 15 is 0 Å². The molecular formula is C13H18O2. The lowest BCUT2D eigenvalue weighted by Gasteiger charge is -2.00. The lowest BCUT2D eigenvalue weighted by molar-refractivity contribution is 0.217. The van der Waals surface area contributed by atoms with Crippen LogP contribution in [-0.4, -0.2) is 22.9 Å². The Kier molecular flexibility index (Phi) is 9.98. The van der Waals surface area contributed by atoms with Crippen molar-refractivity contribution in [2.75, 3.05) is 6.61 Å². The SMILES string of the molecule is CCCCCC(O)C#C/C=C/C#CCO. The molecule has 2 nitrogen and oxygen atoms in total. The summed E-state index contributed by atoms with van der Waals surface area (Å²) < 4.78 is 0. The molecule has 0 aromatic carbocycles. The van der Waals surface area contributed by atoms with E-state index in [9.17, 15) is 5.11 Å². The van der Waals surface area contributed by atoms with Crippen molar-refractivity contribution < 1.29 is 10.2 Å². The zero-order chi connectivity index (χ0) is 11.4. The molecule has 0 radical (unpaired) electrons. The smallest absolute Gasteiger partial charge is 0.115 e. The molecule has 82 valence electrons. The summed E-state index contributed by atoms with van der Waals surface area (Å²) in [4.78, 5) is 0. The molecule has 0 saturated carbocycles. The third kappa shape index (κ3) is 10.7. The quantitative estimate of drug-likeness (QED) is 0.540. The van der Waals surface area contributed by atoms with Gasteiger partial charge in [-0.1, -0.05) is 43.4 Å². The van der Waals surface area contributed by atoms with Gasteiger partial charge in [-0.05, 0) is 25.0 Å². The van der Waals surface area contributed by atoms with Crippen LogP contribution in [0, 0.1) is 23.7 Å². The third-order valence-corrected chi connectivity index (χ3v) is 1.76. The average Bonchev–Trinajstić information content (AvgIpc) is 2.23. The first kappa shape index (κ1) is 13.8. The number of allylic oxidation sites excluding steroid dienone is 2.